The molecule has 2 aromatic rings. The highest BCUT2D eigenvalue weighted by Gasteiger charge is 2.47. The number of ether oxygens (including phenoxy) is 3. The van der Waals surface area contributed by atoms with E-state index in [1.54, 1.807) is 12.1 Å². The molecular formula is C22H23FN2O4. The lowest BCUT2D eigenvalue weighted by atomic mass is 10.1. The molecule has 3 heterocycles. The Kier molecular flexibility index (Phi) is 4.75. The Hall–Kier alpha value is -2.80. The lowest BCUT2D eigenvalue weighted by molar-refractivity contribution is 0.120. The van der Waals surface area contributed by atoms with Crippen LogP contribution in [-0.2, 0) is 17.7 Å². The maximum Gasteiger partial charge on any atom is 0.410 e. The van der Waals surface area contributed by atoms with Gasteiger partial charge >= 0.3 is 6.09 Å². The summed E-state index contributed by atoms with van der Waals surface area (Å²) >= 11 is 0. The molecule has 0 N–H and O–H groups in total. The summed E-state index contributed by atoms with van der Waals surface area (Å²) in [6, 6.07) is 12.5. The van der Waals surface area contributed by atoms with Gasteiger partial charge in [-0.2, -0.15) is 0 Å². The lowest BCUT2D eigenvalue weighted by Crippen LogP contribution is -2.39. The van der Waals surface area contributed by atoms with Gasteiger partial charge in [-0.1, -0.05) is 18.2 Å². The first-order chi connectivity index (χ1) is 14.2. The number of halogens is 1. The van der Waals surface area contributed by atoms with Crippen LogP contribution in [0.5, 0.6) is 11.5 Å². The molecule has 1 amide bonds. The molecule has 5 rings (SSSR count). The Bertz CT molecular complexity index is 904. The normalized spacial score (nSPS) is 23.2. The second kappa shape index (κ2) is 7.55. The third-order valence-corrected chi connectivity index (χ3v) is 5.77. The summed E-state index contributed by atoms with van der Waals surface area (Å²) < 4.78 is 29.9. The summed E-state index contributed by atoms with van der Waals surface area (Å²) in [7, 11) is 0. The van der Waals surface area contributed by atoms with E-state index in [1.807, 2.05) is 17.0 Å². The highest BCUT2D eigenvalue weighted by atomic mass is 19.1. The van der Waals surface area contributed by atoms with Gasteiger partial charge in [-0.25, -0.2) is 9.18 Å². The molecule has 0 aromatic heterocycles. The molecule has 0 bridgehead atoms. The molecule has 2 atom stereocenters. The van der Waals surface area contributed by atoms with Crippen molar-refractivity contribution in [2.45, 2.75) is 25.1 Å². The molecule has 3 aliphatic rings. The number of likely N-dealkylation sites (tertiary alicyclic amines) is 1. The molecule has 0 saturated carbocycles. The number of benzene rings is 2. The van der Waals surface area contributed by atoms with Crippen LogP contribution in [0.25, 0.3) is 0 Å². The first kappa shape index (κ1) is 18.2. The van der Waals surface area contributed by atoms with Gasteiger partial charge in [-0.05, 0) is 41.8 Å². The molecular weight excluding hydrogens is 375 g/mol. The molecule has 2 saturated heterocycles. The summed E-state index contributed by atoms with van der Waals surface area (Å²) in [6.45, 7) is 3.99. The van der Waals surface area contributed by atoms with Crippen LogP contribution >= 0.6 is 0 Å². The van der Waals surface area contributed by atoms with Crippen LogP contribution in [0.3, 0.4) is 0 Å². The van der Waals surface area contributed by atoms with Crippen molar-refractivity contribution in [3.8, 4) is 11.5 Å². The number of carbonyl (C=O) groups is 1. The summed E-state index contributed by atoms with van der Waals surface area (Å²) in [6.07, 6.45) is 0.329. The lowest BCUT2D eigenvalue weighted by Gasteiger charge is -2.23. The van der Waals surface area contributed by atoms with Crippen LogP contribution in [0.4, 0.5) is 9.18 Å². The second-order valence-corrected chi connectivity index (χ2v) is 7.73. The Labute approximate surface area is 168 Å². The number of amides is 1. The van der Waals surface area contributed by atoms with Crippen LogP contribution in [0.2, 0.25) is 0 Å². The van der Waals surface area contributed by atoms with E-state index in [2.05, 4.69) is 11.0 Å². The molecule has 2 aromatic carbocycles. The van der Waals surface area contributed by atoms with Gasteiger partial charge in [0, 0.05) is 26.2 Å². The molecule has 0 aliphatic carbocycles. The Balaban J connectivity index is 1.21. The fourth-order valence-corrected chi connectivity index (χ4v) is 4.31. The average molecular weight is 398 g/mol. The van der Waals surface area contributed by atoms with E-state index in [-0.39, 0.29) is 24.1 Å². The van der Waals surface area contributed by atoms with Gasteiger partial charge < -0.3 is 14.2 Å². The molecule has 0 unspecified atom stereocenters. The van der Waals surface area contributed by atoms with Crippen LogP contribution in [0.15, 0.2) is 42.5 Å². The molecule has 2 fully saturated rings. The smallest absolute Gasteiger partial charge is 0.410 e. The number of hydrogen-bond acceptors (Lipinski definition) is 5. The predicted octanol–water partition coefficient (Wildman–Crippen LogP) is 2.84. The Morgan fingerprint density at radius 2 is 1.72 bits per heavy atom. The zero-order valence-corrected chi connectivity index (χ0v) is 16.1. The molecule has 7 heteroatoms. The monoisotopic (exact) mass is 398 g/mol. The molecule has 152 valence electrons. The van der Waals surface area contributed by atoms with Gasteiger partial charge in [-0.3, -0.25) is 9.80 Å². The van der Waals surface area contributed by atoms with Crippen molar-refractivity contribution in [3.63, 3.8) is 0 Å². The average Bonchev–Trinajstić information content (AvgIpc) is 3.23. The van der Waals surface area contributed by atoms with Gasteiger partial charge in [0.05, 0.1) is 6.04 Å². The van der Waals surface area contributed by atoms with E-state index in [9.17, 15) is 9.18 Å². The summed E-state index contributed by atoms with van der Waals surface area (Å²) in [5.41, 5.74) is 2.16. The van der Waals surface area contributed by atoms with Crippen LogP contribution in [0.1, 0.15) is 11.1 Å². The van der Waals surface area contributed by atoms with Crippen LogP contribution < -0.4 is 9.47 Å². The number of rotatable bonds is 5. The fourth-order valence-electron chi connectivity index (χ4n) is 4.31. The van der Waals surface area contributed by atoms with E-state index in [0.29, 0.717) is 26.2 Å². The molecule has 0 radical (unpaired) electrons. The minimum absolute atomic E-state index is 0.0557. The van der Waals surface area contributed by atoms with Crippen molar-refractivity contribution >= 4 is 6.09 Å². The summed E-state index contributed by atoms with van der Waals surface area (Å²) in [4.78, 5) is 16.4. The first-order valence-corrected chi connectivity index (χ1v) is 9.98. The van der Waals surface area contributed by atoms with Gasteiger partial charge in [0.2, 0.25) is 0 Å². The second-order valence-electron chi connectivity index (χ2n) is 7.73. The summed E-state index contributed by atoms with van der Waals surface area (Å²) in [5, 5.41) is 0. The predicted molar refractivity (Wildman–Crippen MR) is 104 cm³/mol. The first-order valence-electron chi connectivity index (χ1n) is 9.98. The SMILES string of the molecule is O=C1O[C@@H]2CN(Cc3ccc4c(c3)OCCO4)C[C@@H]2N1CCc1ccc(F)cc1. The third kappa shape index (κ3) is 3.74. The van der Waals surface area contributed by atoms with E-state index in [1.165, 1.54) is 12.1 Å². The minimum Gasteiger partial charge on any atom is -0.486 e. The molecule has 6 nitrogen and oxygen atoms in total. The van der Waals surface area contributed by atoms with Gasteiger partial charge in [-0.15, -0.1) is 0 Å². The van der Waals surface area contributed by atoms with E-state index in [0.717, 1.165) is 42.3 Å². The third-order valence-electron chi connectivity index (χ3n) is 5.77. The maximum absolute atomic E-state index is 13.1. The number of fused-ring (bicyclic) bond motifs is 2. The van der Waals surface area contributed by atoms with E-state index < -0.39 is 0 Å². The van der Waals surface area contributed by atoms with Gasteiger partial charge in [0.25, 0.3) is 0 Å². The van der Waals surface area contributed by atoms with Crippen molar-refractivity contribution in [1.82, 2.24) is 9.80 Å². The quantitative estimate of drug-likeness (QED) is 0.775. The summed E-state index contributed by atoms with van der Waals surface area (Å²) in [5.74, 6) is 1.33. The molecule has 0 spiro atoms. The van der Waals surface area contributed by atoms with Crippen molar-refractivity contribution in [3.05, 3.63) is 59.4 Å². The number of carbonyl (C=O) groups excluding carboxylic acids is 1. The minimum atomic E-state index is -0.250. The Morgan fingerprint density at radius 1 is 0.966 bits per heavy atom. The zero-order chi connectivity index (χ0) is 19.8. The standard InChI is InChI=1S/C22H23FN2O4/c23-17-4-1-15(2-5-17)7-8-25-18-13-24(14-21(18)29-22(25)26)12-16-3-6-19-20(11-16)28-10-9-27-19/h1-6,11,18,21H,7-10,12-14H2/t18-,21+/m0/s1. The fraction of sp³-hybridized carbons (Fsp3) is 0.409. The van der Waals surface area contributed by atoms with E-state index in [4.69, 9.17) is 14.2 Å². The highest BCUT2D eigenvalue weighted by Crippen LogP contribution is 2.33. The topological polar surface area (TPSA) is 51.2 Å². The van der Waals surface area contributed by atoms with Gasteiger partial charge in [0.1, 0.15) is 25.1 Å². The van der Waals surface area contributed by atoms with Gasteiger partial charge in [0.15, 0.2) is 11.5 Å². The van der Waals surface area contributed by atoms with Crippen LogP contribution in [0, 0.1) is 5.82 Å². The van der Waals surface area contributed by atoms with Crippen molar-refractivity contribution in [2.75, 3.05) is 32.8 Å². The molecule has 3 aliphatic heterocycles. The largest absolute Gasteiger partial charge is 0.486 e. The zero-order valence-electron chi connectivity index (χ0n) is 16.1. The highest BCUT2D eigenvalue weighted by molar-refractivity contribution is 5.71. The Morgan fingerprint density at radius 3 is 2.55 bits per heavy atom. The van der Waals surface area contributed by atoms with E-state index >= 15 is 0 Å². The van der Waals surface area contributed by atoms with Crippen LogP contribution in [-0.4, -0.2) is 60.9 Å². The van der Waals surface area contributed by atoms with Crippen molar-refractivity contribution in [1.29, 1.82) is 0 Å². The maximum atomic E-state index is 13.1. The van der Waals surface area contributed by atoms with Crippen molar-refractivity contribution in [2.24, 2.45) is 0 Å². The molecule has 29 heavy (non-hydrogen) atoms. The number of hydrogen-bond donors (Lipinski definition) is 0. The number of nitrogens with zero attached hydrogens (tertiary/aromatic N) is 2. The van der Waals surface area contributed by atoms with Crippen molar-refractivity contribution < 1.29 is 23.4 Å².